The van der Waals surface area contributed by atoms with Crippen molar-refractivity contribution in [2.45, 2.75) is 25.4 Å². The number of benzene rings is 1. The minimum absolute atomic E-state index is 0.143. The summed E-state index contributed by atoms with van der Waals surface area (Å²) in [7, 11) is 0. The van der Waals surface area contributed by atoms with Crippen LogP contribution in [-0.2, 0) is 6.54 Å². The number of aliphatic hydroxyl groups is 1. The maximum Gasteiger partial charge on any atom is 0.127 e. The van der Waals surface area contributed by atoms with Gasteiger partial charge < -0.3 is 10.8 Å². The van der Waals surface area contributed by atoms with Crippen molar-refractivity contribution in [2.75, 3.05) is 18.9 Å². The van der Waals surface area contributed by atoms with Gasteiger partial charge in [-0.1, -0.05) is 0 Å². The molecule has 0 amide bonds. The van der Waals surface area contributed by atoms with Crippen molar-refractivity contribution >= 4 is 5.69 Å². The molecular formula is C12H17FN2O. The molecule has 4 heteroatoms. The topological polar surface area (TPSA) is 49.5 Å². The van der Waals surface area contributed by atoms with Crippen LogP contribution in [0.1, 0.15) is 18.4 Å². The van der Waals surface area contributed by atoms with Crippen LogP contribution in [0.25, 0.3) is 0 Å². The summed E-state index contributed by atoms with van der Waals surface area (Å²) < 4.78 is 13.5. The van der Waals surface area contributed by atoms with Crippen molar-refractivity contribution in [1.29, 1.82) is 0 Å². The molecule has 3 N–H and O–H groups in total. The van der Waals surface area contributed by atoms with Crippen LogP contribution in [0.15, 0.2) is 18.2 Å². The second-order valence-corrected chi connectivity index (χ2v) is 4.30. The molecule has 1 saturated heterocycles. The van der Waals surface area contributed by atoms with Crippen molar-refractivity contribution in [2.24, 2.45) is 0 Å². The number of rotatable bonds is 3. The first kappa shape index (κ1) is 11.4. The zero-order chi connectivity index (χ0) is 11.5. The summed E-state index contributed by atoms with van der Waals surface area (Å²) in [4.78, 5) is 2.11. The number of nitrogen functional groups attached to an aromatic ring is 1. The molecule has 3 nitrogen and oxygen atoms in total. The van der Waals surface area contributed by atoms with E-state index in [0.29, 0.717) is 17.8 Å². The van der Waals surface area contributed by atoms with E-state index in [1.165, 1.54) is 6.07 Å². The first-order valence-corrected chi connectivity index (χ1v) is 5.59. The van der Waals surface area contributed by atoms with Gasteiger partial charge in [-0.3, -0.25) is 4.90 Å². The predicted octanol–water partition coefficient (Wildman–Crippen LogP) is 1.36. The largest absolute Gasteiger partial charge is 0.399 e. The Bertz CT molecular complexity index is 370. The normalized spacial score (nSPS) is 21.5. The highest BCUT2D eigenvalue weighted by Crippen LogP contribution is 2.21. The van der Waals surface area contributed by atoms with Crippen molar-refractivity contribution in [1.82, 2.24) is 4.90 Å². The second kappa shape index (κ2) is 4.80. The smallest absolute Gasteiger partial charge is 0.127 e. The number of aliphatic hydroxyl groups excluding tert-OH is 1. The van der Waals surface area contributed by atoms with E-state index in [1.54, 1.807) is 12.1 Å². The summed E-state index contributed by atoms with van der Waals surface area (Å²) in [5.41, 5.74) is 6.83. The minimum atomic E-state index is -0.224. The summed E-state index contributed by atoms with van der Waals surface area (Å²) >= 11 is 0. The van der Waals surface area contributed by atoms with Crippen molar-refractivity contribution in [3.8, 4) is 0 Å². The lowest BCUT2D eigenvalue weighted by molar-refractivity contribution is 0.152. The van der Waals surface area contributed by atoms with Gasteiger partial charge >= 0.3 is 0 Å². The van der Waals surface area contributed by atoms with Gasteiger partial charge in [-0.15, -0.1) is 0 Å². The average molecular weight is 224 g/mol. The van der Waals surface area contributed by atoms with Crippen LogP contribution in [0.2, 0.25) is 0 Å². The highest BCUT2D eigenvalue weighted by molar-refractivity contribution is 5.41. The third-order valence-electron chi connectivity index (χ3n) is 3.15. The summed E-state index contributed by atoms with van der Waals surface area (Å²) in [5, 5.41) is 9.18. The highest BCUT2D eigenvalue weighted by atomic mass is 19.1. The molecule has 1 heterocycles. The fourth-order valence-electron chi connectivity index (χ4n) is 2.24. The molecule has 88 valence electrons. The molecule has 0 aliphatic carbocycles. The fraction of sp³-hybridized carbons (Fsp3) is 0.500. The molecule has 0 radical (unpaired) electrons. The lowest BCUT2D eigenvalue weighted by Crippen LogP contribution is -2.31. The molecule has 0 saturated carbocycles. The molecule has 16 heavy (non-hydrogen) atoms. The van der Waals surface area contributed by atoms with Gasteiger partial charge in [-0.05, 0) is 37.6 Å². The first-order valence-electron chi connectivity index (χ1n) is 5.59. The Morgan fingerprint density at radius 3 is 3.06 bits per heavy atom. The maximum atomic E-state index is 13.5. The van der Waals surface area contributed by atoms with Crippen LogP contribution in [0.3, 0.4) is 0 Å². The Morgan fingerprint density at radius 1 is 1.50 bits per heavy atom. The molecule has 2 rings (SSSR count). The van der Waals surface area contributed by atoms with Crippen LogP contribution >= 0.6 is 0 Å². The van der Waals surface area contributed by atoms with E-state index in [-0.39, 0.29) is 18.5 Å². The second-order valence-electron chi connectivity index (χ2n) is 4.30. The van der Waals surface area contributed by atoms with Gasteiger partial charge in [-0.25, -0.2) is 4.39 Å². The third-order valence-corrected chi connectivity index (χ3v) is 3.15. The standard InChI is InChI=1S/C12H17FN2O/c13-12-4-3-10(14)6-9(12)7-15-5-1-2-11(15)8-16/h3-4,6,11,16H,1-2,5,7-8,14H2/t11-/m0/s1. The lowest BCUT2D eigenvalue weighted by atomic mass is 10.1. The summed E-state index contributed by atoms with van der Waals surface area (Å²) in [6.07, 6.45) is 2.05. The number of halogens is 1. The van der Waals surface area contributed by atoms with Gasteiger partial charge in [-0.2, -0.15) is 0 Å². The fourth-order valence-corrected chi connectivity index (χ4v) is 2.24. The minimum Gasteiger partial charge on any atom is -0.399 e. The number of hydrogen-bond acceptors (Lipinski definition) is 3. The quantitative estimate of drug-likeness (QED) is 0.762. The van der Waals surface area contributed by atoms with Gasteiger partial charge in [0.1, 0.15) is 5.82 Å². The molecular weight excluding hydrogens is 207 g/mol. The van der Waals surface area contributed by atoms with E-state index in [4.69, 9.17) is 5.73 Å². The van der Waals surface area contributed by atoms with Crippen LogP contribution in [0.5, 0.6) is 0 Å². The zero-order valence-electron chi connectivity index (χ0n) is 9.19. The highest BCUT2D eigenvalue weighted by Gasteiger charge is 2.24. The van der Waals surface area contributed by atoms with E-state index in [0.717, 1.165) is 19.4 Å². The third kappa shape index (κ3) is 2.33. The first-order chi connectivity index (χ1) is 7.70. The molecule has 0 aromatic heterocycles. The van der Waals surface area contributed by atoms with Gasteiger partial charge in [0, 0.05) is 23.8 Å². The maximum absolute atomic E-state index is 13.5. The molecule has 1 atom stereocenters. The van der Waals surface area contributed by atoms with Gasteiger partial charge in [0.2, 0.25) is 0 Å². The Balaban J connectivity index is 2.11. The number of nitrogens with two attached hydrogens (primary N) is 1. The summed E-state index contributed by atoms with van der Waals surface area (Å²) in [5.74, 6) is -0.224. The van der Waals surface area contributed by atoms with E-state index in [9.17, 15) is 9.50 Å². The van der Waals surface area contributed by atoms with E-state index in [1.807, 2.05) is 0 Å². The zero-order valence-corrected chi connectivity index (χ0v) is 9.19. The van der Waals surface area contributed by atoms with Crippen molar-refractivity contribution < 1.29 is 9.50 Å². The monoisotopic (exact) mass is 224 g/mol. The van der Waals surface area contributed by atoms with Crippen molar-refractivity contribution in [3.05, 3.63) is 29.6 Å². The predicted molar refractivity (Wildman–Crippen MR) is 61.3 cm³/mol. The molecule has 1 aromatic rings. The molecule has 0 spiro atoms. The Kier molecular flexibility index (Phi) is 3.41. The number of hydrogen-bond donors (Lipinski definition) is 2. The molecule has 1 aromatic carbocycles. The van der Waals surface area contributed by atoms with Gasteiger partial charge in [0.25, 0.3) is 0 Å². The van der Waals surface area contributed by atoms with Crippen LogP contribution in [-0.4, -0.2) is 29.2 Å². The Morgan fingerprint density at radius 2 is 2.31 bits per heavy atom. The van der Waals surface area contributed by atoms with Crippen molar-refractivity contribution in [3.63, 3.8) is 0 Å². The van der Waals surface area contributed by atoms with E-state index >= 15 is 0 Å². The van der Waals surface area contributed by atoms with Crippen LogP contribution in [0, 0.1) is 5.82 Å². The molecule has 1 aliphatic heterocycles. The molecule has 1 aliphatic rings. The van der Waals surface area contributed by atoms with E-state index < -0.39 is 0 Å². The summed E-state index contributed by atoms with van der Waals surface area (Å²) in [6.45, 7) is 1.59. The SMILES string of the molecule is Nc1ccc(F)c(CN2CCC[C@H]2CO)c1. The van der Waals surface area contributed by atoms with Gasteiger partial charge in [0.15, 0.2) is 0 Å². The molecule has 1 fully saturated rings. The molecule has 0 unspecified atom stereocenters. The summed E-state index contributed by atoms with van der Waals surface area (Å²) in [6, 6.07) is 4.80. The number of nitrogens with zero attached hydrogens (tertiary/aromatic N) is 1. The number of likely N-dealkylation sites (tertiary alicyclic amines) is 1. The Hall–Kier alpha value is -1.13. The van der Waals surface area contributed by atoms with E-state index in [2.05, 4.69) is 4.90 Å². The van der Waals surface area contributed by atoms with Crippen LogP contribution < -0.4 is 5.73 Å². The number of anilines is 1. The molecule has 0 bridgehead atoms. The lowest BCUT2D eigenvalue weighted by Gasteiger charge is -2.22. The van der Waals surface area contributed by atoms with Crippen LogP contribution in [0.4, 0.5) is 10.1 Å². The van der Waals surface area contributed by atoms with Gasteiger partial charge in [0.05, 0.1) is 6.61 Å². The Labute approximate surface area is 94.7 Å². The average Bonchev–Trinajstić information content (AvgIpc) is 2.71.